The van der Waals surface area contributed by atoms with Crippen molar-refractivity contribution in [1.29, 1.82) is 0 Å². The van der Waals surface area contributed by atoms with Crippen LogP contribution in [0.4, 0.5) is 0 Å². The summed E-state index contributed by atoms with van der Waals surface area (Å²) in [4.78, 5) is 17.2. The second kappa shape index (κ2) is 5.50. The normalized spacial score (nSPS) is 11.7. The van der Waals surface area contributed by atoms with Crippen LogP contribution in [0.15, 0.2) is 90.0 Å². The first-order chi connectivity index (χ1) is 13.8. The number of hydrogen-bond acceptors (Lipinski definition) is 3. The van der Waals surface area contributed by atoms with Crippen molar-refractivity contribution in [3.63, 3.8) is 0 Å². The van der Waals surface area contributed by atoms with Crippen LogP contribution in [0.3, 0.4) is 0 Å². The number of pyridine rings is 1. The van der Waals surface area contributed by atoms with Crippen LogP contribution >= 0.6 is 0 Å². The largest absolute Gasteiger partial charge is 0.300 e. The van der Waals surface area contributed by atoms with Gasteiger partial charge in [-0.3, -0.25) is 9.36 Å². The van der Waals surface area contributed by atoms with E-state index < -0.39 is 0 Å². The standard InChI is InChI=1S/C23H14N4O/c28-23-21-19(10-5-12-24-21)26(20-11-13-25-27(20)23)22-17-8-3-1-6-15(17)14-16-7-2-4-9-18(16)22/h1-14H. The van der Waals surface area contributed by atoms with Gasteiger partial charge in [-0.05, 0) is 29.0 Å². The third kappa shape index (κ3) is 1.93. The van der Waals surface area contributed by atoms with Gasteiger partial charge in [-0.15, -0.1) is 0 Å². The quantitative estimate of drug-likeness (QED) is 0.409. The van der Waals surface area contributed by atoms with E-state index in [9.17, 15) is 4.79 Å². The van der Waals surface area contributed by atoms with Crippen LogP contribution in [-0.2, 0) is 0 Å². The molecule has 0 saturated carbocycles. The Morgan fingerprint density at radius 2 is 1.46 bits per heavy atom. The predicted octanol–water partition coefficient (Wildman–Crippen LogP) is 4.34. The Balaban J connectivity index is 1.97. The smallest absolute Gasteiger partial charge is 0.291 e. The van der Waals surface area contributed by atoms with Gasteiger partial charge in [0.1, 0.15) is 5.65 Å². The second-order valence-corrected chi connectivity index (χ2v) is 6.78. The van der Waals surface area contributed by atoms with E-state index in [1.807, 2.05) is 42.5 Å². The molecule has 0 aliphatic carbocycles. The zero-order valence-electron chi connectivity index (χ0n) is 14.8. The van der Waals surface area contributed by atoms with E-state index in [4.69, 9.17) is 0 Å². The first-order valence-corrected chi connectivity index (χ1v) is 9.07. The molecule has 0 unspecified atom stereocenters. The van der Waals surface area contributed by atoms with Crippen LogP contribution in [0.1, 0.15) is 0 Å². The minimum absolute atomic E-state index is 0.212. The number of hydrogen-bond donors (Lipinski definition) is 0. The van der Waals surface area contributed by atoms with Crippen LogP contribution in [0, 0.1) is 0 Å². The van der Waals surface area contributed by atoms with E-state index >= 15 is 0 Å². The van der Waals surface area contributed by atoms with Crippen LogP contribution in [-0.4, -0.2) is 19.2 Å². The highest BCUT2D eigenvalue weighted by molar-refractivity contribution is 6.08. The molecular formula is C23H14N4O. The van der Waals surface area contributed by atoms with E-state index in [1.54, 1.807) is 12.4 Å². The molecule has 5 heteroatoms. The van der Waals surface area contributed by atoms with Gasteiger partial charge in [0.05, 0.1) is 17.4 Å². The Morgan fingerprint density at radius 3 is 2.21 bits per heavy atom. The fraction of sp³-hybridized carbons (Fsp3) is 0. The lowest BCUT2D eigenvalue weighted by molar-refractivity contribution is 0.889. The molecule has 0 bridgehead atoms. The maximum absolute atomic E-state index is 12.9. The molecule has 0 amide bonds. The summed E-state index contributed by atoms with van der Waals surface area (Å²) >= 11 is 0. The van der Waals surface area contributed by atoms with Gasteiger partial charge in [-0.2, -0.15) is 9.61 Å². The van der Waals surface area contributed by atoms with Gasteiger partial charge in [-0.1, -0.05) is 48.5 Å². The Kier molecular flexibility index (Phi) is 2.97. The van der Waals surface area contributed by atoms with E-state index in [0.29, 0.717) is 11.2 Å². The average Bonchev–Trinajstić information content (AvgIpc) is 3.23. The molecule has 0 radical (unpaired) electrons. The molecule has 0 atom stereocenters. The summed E-state index contributed by atoms with van der Waals surface area (Å²) in [5.74, 6) is 0. The van der Waals surface area contributed by atoms with Gasteiger partial charge in [0.2, 0.25) is 0 Å². The number of nitrogens with zero attached hydrogens (tertiary/aromatic N) is 4. The lowest BCUT2D eigenvalue weighted by atomic mass is 10.0. The van der Waals surface area contributed by atoms with Crippen molar-refractivity contribution in [2.24, 2.45) is 0 Å². The molecule has 0 N–H and O–H groups in total. The number of benzene rings is 3. The predicted molar refractivity (Wildman–Crippen MR) is 111 cm³/mol. The van der Waals surface area contributed by atoms with Gasteiger partial charge in [-0.25, -0.2) is 4.98 Å². The SMILES string of the molecule is O=c1c2ncccc2n(-c2c3ccccc3cc3ccccc23)c2ccnn12. The zero-order chi connectivity index (χ0) is 18.7. The van der Waals surface area contributed by atoms with E-state index in [1.165, 1.54) is 4.52 Å². The van der Waals surface area contributed by atoms with Crippen molar-refractivity contribution in [3.8, 4) is 5.69 Å². The first-order valence-electron chi connectivity index (χ1n) is 9.07. The van der Waals surface area contributed by atoms with Crippen LogP contribution < -0.4 is 5.56 Å². The number of fused-ring (bicyclic) bond motifs is 4. The maximum Gasteiger partial charge on any atom is 0.300 e. The Labute approximate surface area is 159 Å². The lowest BCUT2D eigenvalue weighted by Gasteiger charge is -2.18. The number of rotatable bonds is 1. The fourth-order valence-electron chi connectivity index (χ4n) is 4.05. The van der Waals surface area contributed by atoms with Crippen molar-refractivity contribution in [2.75, 3.05) is 0 Å². The van der Waals surface area contributed by atoms with Crippen molar-refractivity contribution in [3.05, 3.63) is 95.5 Å². The molecule has 0 saturated heterocycles. The topological polar surface area (TPSA) is 52.2 Å². The van der Waals surface area contributed by atoms with Gasteiger partial charge in [0, 0.05) is 23.0 Å². The molecule has 3 heterocycles. The van der Waals surface area contributed by atoms with Gasteiger partial charge in [0.25, 0.3) is 0 Å². The minimum Gasteiger partial charge on any atom is -0.291 e. The second-order valence-electron chi connectivity index (χ2n) is 6.78. The molecule has 6 aromatic rings. The van der Waals surface area contributed by atoms with Crippen molar-refractivity contribution in [1.82, 2.24) is 19.2 Å². The van der Waals surface area contributed by atoms with Crippen molar-refractivity contribution >= 4 is 38.2 Å². The Hall–Kier alpha value is -3.99. The summed E-state index contributed by atoms with van der Waals surface area (Å²) in [6.07, 6.45) is 3.30. The molecule has 0 aliphatic rings. The van der Waals surface area contributed by atoms with Crippen LogP contribution in [0.5, 0.6) is 0 Å². The van der Waals surface area contributed by atoms with Gasteiger partial charge >= 0.3 is 5.56 Å². The molecule has 0 aliphatic heterocycles. The summed E-state index contributed by atoms with van der Waals surface area (Å²) in [7, 11) is 0. The minimum atomic E-state index is -0.212. The summed E-state index contributed by atoms with van der Waals surface area (Å²) in [5, 5.41) is 8.76. The van der Waals surface area contributed by atoms with Crippen LogP contribution in [0.25, 0.3) is 43.9 Å². The molecule has 3 aromatic carbocycles. The monoisotopic (exact) mass is 362 g/mol. The van der Waals surface area contributed by atoms with E-state index in [2.05, 4.69) is 45.0 Å². The van der Waals surface area contributed by atoms with Gasteiger partial charge < -0.3 is 0 Å². The van der Waals surface area contributed by atoms with E-state index in [0.717, 1.165) is 32.7 Å². The van der Waals surface area contributed by atoms with Crippen LogP contribution in [0.2, 0.25) is 0 Å². The first kappa shape index (κ1) is 15.1. The molecule has 6 rings (SSSR count). The van der Waals surface area contributed by atoms with E-state index in [-0.39, 0.29) is 5.56 Å². The number of aromatic nitrogens is 4. The molecule has 28 heavy (non-hydrogen) atoms. The highest BCUT2D eigenvalue weighted by atomic mass is 16.1. The van der Waals surface area contributed by atoms with Crippen molar-refractivity contribution < 1.29 is 0 Å². The summed E-state index contributed by atoms with van der Waals surface area (Å²) < 4.78 is 3.52. The maximum atomic E-state index is 12.9. The molecule has 132 valence electrons. The summed E-state index contributed by atoms with van der Waals surface area (Å²) in [5.41, 5.74) is 2.69. The average molecular weight is 362 g/mol. The highest BCUT2D eigenvalue weighted by Crippen LogP contribution is 2.33. The fourth-order valence-corrected chi connectivity index (χ4v) is 4.05. The Morgan fingerprint density at radius 1 is 0.750 bits per heavy atom. The lowest BCUT2D eigenvalue weighted by Crippen LogP contribution is -2.20. The van der Waals surface area contributed by atoms with Gasteiger partial charge in [0.15, 0.2) is 5.52 Å². The zero-order valence-corrected chi connectivity index (χ0v) is 14.8. The molecule has 3 aromatic heterocycles. The molecule has 5 nitrogen and oxygen atoms in total. The Bertz CT molecular complexity index is 1540. The summed E-state index contributed by atoms with van der Waals surface area (Å²) in [6, 6.07) is 24.5. The third-order valence-electron chi connectivity index (χ3n) is 5.24. The third-order valence-corrected chi connectivity index (χ3v) is 5.24. The summed E-state index contributed by atoms with van der Waals surface area (Å²) in [6.45, 7) is 0. The van der Waals surface area contributed by atoms with Crippen molar-refractivity contribution in [2.45, 2.75) is 0 Å². The molecular weight excluding hydrogens is 348 g/mol. The molecule has 0 fully saturated rings. The molecule has 0 spiro atoms. The highest BCUT2D eigenvalue weighted by Gasteiger charge is 2.17.